The molecule has 1 heterocycles. The first-order chi connectivity index (χ1) is 12.4. The van der Waals surface area contributed by atoms with Crippen molar-refractivity contribution < 1.29 is 9.53 Å². The first-order valence-electron chi connectivity index (χ1n) is 7.93. The predicted molar refractivity (Wildman–Crippen MR) is 103 cm³/mol. The quantitative estimate of drug-likeness (QED) is 0.482. The van der Waals surface area contributed by atoms with Crippen LogP contribution in [0.25, 0.3) is 0 Å². The van der Waals surface area contributed by atoms with Crippen LogP contribution in [0.15, 0.2) is 28.2 Å². The SMILES string of the molecule is COCCCn1c(SCC(=O)N[C@@H](C)c2ccc(Cl)cc2Cl)n[nH]c1=O. The summed E-state index contributed by atoms with van der Waals surface area (Å²) in [4.78, 5) is 24.0. The molecule has 142 valence electrons. The molecule has 0 saturated heterocycles. The maximum absolute atomic E-state index is 12.2. The van der Waals surface area contributed by atoms with Gasteiger partial charge in [0.2, 0.25) is 5.91 Å². The standard InChI is InChI=1S/C16H20Cl2N4O3S/c1-10(12-5-4-11(17)8-13(12)18)19-14(23)9-26-16-21-20-15(24)22(16)6-3-7-25-2/h4-5,8,10H,3,6-7,9H2,1-2H3,(H,19,23)(H,20,24)/t10-/m0/s1. The largest absolute Gasteiger partial charge is 0.385 e. The molecule has 1 amide bonds. The second-order valence-electron chi connectivity index (χ2n) is 5.55. The lowest BCUT2D eigenvalue weighted by Gasteiger charge is -2.15. The lowest BCUT2D eigenvalue weighted by Crippen LogP contribution is -2.28. The minimum absolute atomic E-state index is 0.129. The van der Waals surface area contributed by atoms with Crippen LogP contribution in [0.3, 0.4) is 0 Å². The zero-order chi connectivity index (χ0) is 19.1. The highest BCUT2D eigenvalue weighted by Gasteiger charge is 2.15. The molecule has 1 aromatic heterocycles. The monoisotopic (exact) mass is 418 g/mol. The molecule has 7 nitrogen and oxygen atoms in total. The van der Waals surface area contributed by atoms with Crippen molar-refractivity contribution in [2.45, 2.75) is 31.1 Å². The fraction of sp³-hybridized carbons (Fsp3) is 0.438. The highest BCUT2D eigenvalue weighted by molar-refractivity contribution is 7.99. The van der Waals surface area contributed by atoms with E-state index in [1.54, 1.807) is 25.3 Å². The molecule has 0 fully saturated rings. The molecule has 10 heteroatoms. The van der Waals surface area contributed by atoms with Crippen LogP contribution >= 0.6 is 35.0 Å². The first-order valence-corrected chi connectivity index (χ1v) is 9.67. The molecule has 0 radical (unpaired) electrons. The van der Waals surface area contributed by atoms with Crippen LogP contribution < -0.4 is 11.0 Å². The van der Waals surface area contributed by atoms with E-state index in [4.69, 9.17) is 27.9 Å². The number of hydrogen-bond donors (Lipinski definition) is 2. The number of rotatable bonds is 9. The number of carbonyl (C=O) groups is 1. The number of aromatic nitrogens is 3. The highest BCUT2D eigenvalue weighted by Crippen LogP contribution is 2.26. The van der Waals surface area contributed by atoms with Crippen molar-refractivity contribution in [1.82, 2.24) is 20.1 Å². The van der Waals surface area contributed by atoms with Crippen LogP contribution in [-0.2, 0) is 16.1 Å². The molecule has 0 spiro atoms. The third-order valence-corrected chi connectivity index (χ3v) is 5.13. The number of nitrogens with zero attached hydrogens (tertiary/aromatic N) is 2. The maximum atomic E-state index is 12.2. The van der Waals surface area contributed by atoms with Gasteiger partial charge in [-0.2, -0.15) is 0 Å². The van der Waals surface area contributed by atoms with Gasteiger partial charge in [-0.15, -0.1) is 5.10 Å². The third-order valence-electron chi connectivity index (χ3n) is 3.59. The second kappa shape index (κ2) is 10.0. The van der Waals surface area contributed by atoms with Gasteiger partial charge in [0.05, 0.1) is 11.8 Å². The van der Waals surface area contributed by atoms with Gasteiger partial charge in [0, 0.05) is 30.3 Å². The number of halogens is 2. The van der Waals surface area contributed by atoms with Crippen LogP contribution in [0.4, 0.5) is 0 Å². The summed E-state index contributed by atoms with van der Waals surface area (Å²) in [6, 6.07) is 4.88. The number of H-pyrrole nitrogens is 1. The van der Waals surface area contributed by atoms with Crippen molar-refractivity contribution in [3.63, 3.8) is 0 Å². The summed E-state index contributed by atoms with van der Waals surface area (Å²) in [6.07, 6.45) is 0.682. The number of thioether (sulfide) groups is 1. The van der Waals surface area contributed by atoms with Crippen molar-refractivity contribution >= 4 is 40.9 Å². The molecule has 2 rings (SSSR count). The van der Waals surface area contributed by atoms with E-state index in [1.165, 1.54) is 16.3 Å². The van der Waals surface area contributed by atoms with Gasteiger partial charge in [0.1, 0.15) is 0 Å². The minimum atomic E-state index is -0.301. The zero-order valence-corrected chi connectivity index (χ0v) is 16.7. The Kier molecular flexibility index (Phi) is 8.02. The van der Waals surface area contributed by atoms with Crippen molar-refractivity contribution in [3.05, 3.63) is 44.3 Å². The maximum Gasteiger partial charge on any atom is 0.343 e. The van der Waals surface area contributed by atoms with Gasteiger partial charge in [-0.1, -0.05) is 41.0 Å². The number of amides is 1. The molecule has 1 atom stereocenters. The van der Waals surface area contributed by atoms with Crippen molar-refractivity contribution in [2.24, 2.45) is 0 Å². The van der Waals surface area contributed by atoms with Gasteiger partial charge in [-0.25, -0.2) is 9.89 Å². The molecule has 2 N–H and O–H groups in total. The summed E-state index contributed by atoms with van der Waals surface area (Å²) >= 11 is 13.2. The van der Waals surface area contributed by atoms with Gasteiger partial charge in [-0.05, 0) is 31.0 Å². The molecule has 0 aliphatic rings. The van der Waals surface area contributed by atoms with Crippen LogP contribution in [0.5, 0.6) is 0 Å². The Bertz CT molecular complexity index is 809. The lowest BCUT2D eigenvalue weighted by molar-refractivity contribution is -0.119. The number of aromatic amines is 1. The molecule has 1 aromatic carbocycles. The molecular formula is C16H20Cl2N4O3S. The fourth-order valence-corrected chi connectivity index (χ4v) is 3.68. The Morgan fingerprint density at radius 2 is 2.23 bits per heavy atom. The van der Waals surface area contributed by atoms with Crippen molar-refractivity contribution in [3.8, 4) is 0 Å². The number of methoxy groups -OCH3 is 1. The van der Waals surface area contributed by atoms with Crippen molar-refractivity contribution in [2.75, 3.05) is 19.5 Å². The predicted octanol–water partition coefficient (Wildman–Crippen LogP) is 2.88. The Morgan fingerprint density at radius 1 is 1.46 bits per heavy atom. The van der Waals surface area contributed by atoms with Gasteiger partial charge in [0.25, 0.3) is 0 Å². The van der Waals surface area contributed by atoms with E-state index in [0.29, 0.717) is 34.8 Å². The number of ether oxygens (including phenoxy) is 1. The smallest absolute Gasteiger partial charge is 0.343 e. The number of benzene rings is 1. The Balaban J connectivity index is 1.91. The zero-order valence-electron chi connectivity index (χ0n) is 14.4. The Hall–Kier alpha value is -1.48. The van der Waals surface area contributed by atoms with Crippen LogP contribution in [0.1, 0.15) is 24.9 Å². The number of hydrogen-bond acceptors (Lipinski definition) is 5. The van der Waals surface area contributed by atoms with E-state index in [1.807, 2.05) is 6.92 Å². The van der Waals surface area contributed by atoms with Crippen LogP contribution in [0, 0.1) is 0 Å². The molecule has 0 aliphatic heterocycles. The normalized spacial score (nSPS) is 12.2. The van der Waals surface area contributed by atoms with E-state index in [-0.39, 0.29) is 23.4 Å². The van der Waals surface area contributed by atoms with Gasteiger partial charge in [0.15, 0.2) is 5.16 Å². The molecule has 26 heavy (non-hydrogen) atoms. The van der Waals surface area contributed by atoms with Crippen LogP contribution in [0.2, 0.25) is 10.0 Å². The van der Waals surface area contributed by atoms with E-state index in [0.717, 1.165) is 5.56 Å². The summed E-state index contributed by atoms with van der Waals surface area (Å²) in [5.74, 6) is -0.0585. The summed E-state index contributed by atoms with van der Waals surface area (Å²) in [7, 11) is 1.60. The number of carbonyl (C=O) groups excluding carboxylic acids is 1. The molecule has 0 unspecified atom stereocenters. The Labute approximate surface area is 165 Å². The summed E-state index contributed by atoms with van der Waals surface area (Å²) < 4.78 is 6.48. The molecule has 0 aliphatic carbocycles. The molecule has 0 saturated carbocycles. The van der Waals surface area contributed by atoms with Gasteiger partial charge < -0.3 is 10.1 Å². The first kappa shape index (κ1) is 20.8. The molecule has 2 aromatic rings. The van der Waals surface area contributed by atoms with Crippen molar-refractivity contribution in [1.29, 1.82) is 0 Å². The van der Waals surface area contributed by atoms with E-state index in [9.17, 15) is 9.59 Å². The average Bonchev–Trinajstić information content (AvgIpc) is 2.93. The summed E-state index contributed by atoms with van der Waals surface area (Å²) in [6.45, 7) is 2.86. The van der Waals surface area contributed by atoms with Crippen LogP contribution in [-0.4, -0.2) is 40.1 Å². The summed E-state index contributed by atoms with van der Waals surface area (Å²) in [5, 5.41) is 10.7. The second-order valence-corrected chi connectivity index (χ2v) is 7.34. The fourth-order valence-electron chi connectivity index (χ4n) is 2.32. The van der Waals surface area contributed by atoms with E-state index in [2.05, 4.69) is 15.5 Å². The van der Waals surface area contributed by atoms with Gasteiger partial charge >= 0.3 is 5.69 Å². The highest BCUT2D eigenvalue weighted by atomic mass is 35.5. The lowest BCUT2D eigenvalue weighted by atomic mass is 10.1. The number of nitrogens with one attached hydrogen (secondary N) is 2. The molecular weight excluding hydrogens is 399 g/mol. The molecule has 0 bridgehead atoms. The Morgan fingerprint density at radius 3 is 2.92 bits per heavy atom. The third kappa shape index (κ3) is 5.77. The van der Waals surface area contributed by atoms with Gasteiger partial charge in [-0.3, -0.25) is 9.36 Å². The minimum Gasteiger partial charge on any atom is -0.385 e. The topological polar surface area (TPSA) is 89.0 Å². The van der Waals surface area contributed by atoms with E-state index < -0.39 is 0 Å². The average molecular weight is 419 g/mol. The van der Waals surface area contributed by atoms with E-state index >= 15 is 0 Å². The summed E-state index contributed by atoms with van der Waals surface area (Å²) in [5.41, 5.74) is 0.482.